The van der Waals surface area contributed by atoms with Crippen LogP contribution >= 0.6 is 7.14 Å². The highest BCUT2D eigenvalue weighted by molar-refractivity contribution is 7.61. The molecule has 0 amide bonds. The fourth-order valence-corrected chi connectivity index (χ4v) is 4.97. The minimum Gasteiger partial charge on any atom is -0.324 e. The second-order valence-electron chi connectivity index (χ2n) is 7.39. The van der Waals surface area contributed by atoms with Gasteiger partial charge in [0, 0.05) is 16.9 Å². The van der Waals surface area contributed by atoms with Gasteiger partial charge in [-0.1, -0.05) is 48.5 Å². The molecule has 0 atom stereocenters. The summed E-state index contributed by atoms with van der Waals surface area (Å²) >= 11 is 0. The van der Waals surface area contributed by atoms with E-state index in [1.165, 1.54) is 10.8 Å². The van der Waals surface area contributed by atoms with Crippen LogP contribution in [0.1, 0.15) is 5.56 Å². The lowest BCUT2D eigenvalue weighted by molar-refractivity contribution is 0.582. The molecule has 2 heterocycles. The lowest BCUT2D eigenvalue weighted by Gasteiger charge is -2.12. The van der Waals surface area contributed by atoms with Gasteiger partial charge >= 0.3 is 0 Å². The Morgan fingerprint density at radius 2 is 1.58 bits per heavy atom. The molecular formula is C22H19N2OP. The Bertz CT molecular complexity index is 1360. The van der Waals surface area contributed by atoms with Gasteiger partial charge in [0.25, 0.3) is 0 Å². The van der Waals surface area contributed by atoms with E-state index < -0.39 is 7.14 Å². The fraction of sp³-hybridized carbons (Fsp3) is 0.136. The van der Waals surface area contributed by atoms with Crippen molar-refractivity contribution < 1.29 is 4.57 Å². The molecule has 128 valence electrons. The number of pyridine rings is 1. The largest absolute Gasteiger partial charge is 0.324 e. The summed E-state index contributed by atoms with van der Waals surface area (Å²) in [4.78, 5) is 4.91. The zero-order valence-electron chi connectivity index (χ0n) is 14.8. The van der Waals surface area contributed by atoms with Gasteiger partial charge in [0.15, 0.2) is 0 Å². The summed E-state index contributed by atoms with van der Waals surface area (Å²) in [5.41, 5.74) is 5.31. The summed E-state index contributed by atoms with van der Waals surface area (Å²) in [6, 6.07) is 23.1. The van der Waals surface area contributed by atoms with Crippen molar-refractivity contribution in [2.24, 2.45) is 0 Å². The first-order valence-corrected chi connectivity index (χ1v) is 11.5. The van der Waals surface area contributed by atoms with Gasteiger partial charge in [0.1, 0.15) is 5.65 Å². The number of aromatic nitrogens is 2. The van der Waals surface area contributed by atoms with E-state index in [-0.39, 0.29) is 0 Å². The van der Waals surface area contributed by atoms with Gasteiger partial charge in [-0.05, 0) is 42.5 Å². The molecule has 0 aliphatic heterocycles. The molecule has 0 fully saturated rings. The molecule has 2 aromatic heterocycles. The lowest BCUT2D eigenvalue weighted by atomic mass is 10.0. The summed E-state index contributed by atoms with van der Waals surface area (Å²) in [5.74, 6) is 0. The number of fused-ring (bicyclic) bond motifs is 8. The van der Waals surface area contributed by atoms with Gasteiger partial charge in [0.2, 0.25) is 0 Å². The molecule has 0 aliphatic rings. The van der Waals surface area contributed by atoms with E-state index in [9.17, 15) is 4.57 Å². The van der Waals surface area contributed by atoms with Crippen LogP contribution in [-0.4, -0.2) is 22.7 Å². The predicted octanol–water partition coefficient (Wildman–Crippen LogP) is 5.92. The molecule has 0 N–H and O–H groups in total. The van der Waals surface area contributed by atoms with Crippen LogP contribution in [0.25, 0.3) is 38.4 Å². The first kappa shape index (κ1) is 15.6. The Labute approximate surface area is 151 Å². The molecule has 0 radical (unpaired) electrons. The highest BCUT2D eigenvalue weighted by atomic mass is 31.2. The van der Waals surface area contributed by atoms with Gasteiger partial charge < -0.3 is 4.57 Å². The van der Waals surface area contributed by atoms with Crippen LogP contribution in [-0.2, 0) is 10.7 Å². The Hall–Kier alpha value is -2.64. The SMILES string of the molecule is CP(C)(=O)Cc1ccc2c3ccccc3c3nc4ccccc4n3c2c1. The minimum absolute atomic E-state index is 0.615. The molecule has 0 spiro atoms. The number of para-hydroxylation sites is 2. The maximum Gasteiger partial charge on any atom is 0.146 e. The smallest absolute Gasteiger partial charge is 0.146 e. The van der Waals surface area contributed by atoms with Crippen LogP contribution in [0.3, 0.4) is 0 Å². The number of hydrogen-bond donors (Lipinski definition) is 0. The van der Waals surface area contributed by atoms with E-state index >= 15 is 0 Å². The average Bonchev–Trinajstić information content (AvgIpc) is 3.00. The Morgan fingerprint density at radius 3 is 2.38 bits per heavy atom. The molecule has 5 aromatic rings. The summed E-state index contributed by atoms with van der Waals surface area (Å²) in [6.45, 7) is 3.69. The first-order valence-electron chi connectivity index (χ1n) is 8.76. The monoisotopic (exact) mass is 358 g/mol. The third kappa shape index (κ3) is 2.35. The second kappa shape index (κ2) is 5.43. The molecule has 3 aromatic carbocycles. The standard InChI is InChI=1S/C22H19N2OP/c1-26(2,25)14-15-11-12-17-16-7-3-4-8-18(16)22-23-19-9-5-6-10-20(19)24(22)21(17)13-15/h3-13H,14H2,1-2H3. The highest BCUT2D eigenvalue weighted by Gasteiger charge is 2.15. The van der Waals surface area contributed by atoms with Crippen LogP contribution in [0.5, 0.6) is 0 Å². The zero-order valence-corrected chi connectivity index (χ0v) is 15.7. The van der Waals surface area contributed by atoms with Crippen LogP contribution in [0.2, 0.25) is 0 Å². The number of nitrogens with zero attached hydrogens (tertiary/aromatic N) is 2. The van der Waals surface area contributed by atoms with Crippen LogP contribution < -0.4 is 0 Å². The third-order valence-corrected chi connectivity index (χ3v) is 6.01. The van der Waals surface area contributed by atoms with Crippen LogP contribution in [0.4, 0.5) is 0 Å². The van der Waals surface area contributed by atoms with Crippen molar-refractivity contribution in [2.75, 3.05) is 13.3 Å². The summed E-state index contributed by atoms with van der Waals surface area (Å²) in [6.07, 6.45) is 0.615. The lowest BCUT2D eigenvalue weighted by Crippen LogP contribution is -1.94. The number of rotatable bonds is 2. The average molecular weight is 358 g/mol. The van der Waals surface area contributed by atoms with Crippen molar-refractivity contribution in [1.82, 2.24) is 9.38 Å². The van der Waals surface area contributed by atoms with Crippen LogP contribution in [0, 0.1) is 0 Å². The Balaban J connectivity index is 2.01. The normalized spacial score (nSPS) is 12.5. The summed E-state index contributed by atoms with van der Waals surface area (Å²) in [5, 5.41) is 3.55. The predicted molar refractivity (Wildman–Crippen MR) is 111 cm³/mol. The van der Waals surface area contributed by atoms with Crippen molar-refractivity contribution in [1.29, 1.82) is 0 Å². The molecule has 4 heteroatoms. The quantitative estimate of drug-likeness (QED) is 0.290. The van der Waals surface area contributed by atoms with E-state index in [4.69, 9.17) is 4.98 Å². The van der Waals surface area contributed by atoms with Gasteiger partial charge in [-0.25, -0.2) is 4.98 Å². The van der Waals surface area contributed by atoms with Crippen molar-refractivity contribution in [3.8, 4) is 0 Å². The van der Waals surface area contributed by atoms with Crippen molar-refractivity contribution in [3.63, 3.8) is 0 Å². The maximum absolute atomic E-state index is 12.3. The molecule has 0 saturated carbocycles. The Morgan fingerprint density at radius 1 is 0.846 bits per heavy atom. The van der Waals surface area contributed by atoms with Gasteiger partial charge in [-0.15, -0.1) is 0 Å². The van der Waals surface area contributed by atoms with Crippen molar-refractivity contribution in [3.05, 3.63) is 72.3 Å². The third-order valence-electron chi connectivity index (χ3n) is 4.89. The van der Waals surface area contributed by atoms with Gasteiger partial charge in [0.05, 0.1) is 23.7 Å². The Kier molecular flexibility index (Phi) is 3.26. The molecular weight excluding hydrogens is 339 g/mol. The topological polar surface area (TPSA) is 34.4 Å². The van der Waals surface area contributed by atoms with E-state index in [0.29, 0.717) is 6.16 Å². The molecule has 0 bridgehead atoms. The van der Waals surface area contributed by atoms with Crippen molar-refractivity contribution in [2.45, 2.75) is 6.16 Å². The maximum atomic E-state index is 12.3. The van der Waals surface area contributed by atoms with Crippen LogP contribution in [0.15, 0.2) is 66.7 Å². The fourth-order valence-electron chi connectivity index (χ4n) is 3.89. The van der Waals surface area contributed by atoms with E-state index in [0.717, 1.165) is 33.1 Å². The highest BCUT2D eigenvalue weighted by Crippen LogP contribution is 2.41. The molecule has 0 saturated heterocycles. The van der Waals surface area contributed by atoms with E-state index in [1.54, 1.807) is 0 Å². The van der Waals surface area contributed by atoms with E-state index in [1.807, 2.05) is 25.5 Å². The molecule has 5 rings (SSSR count). The minimum atomic E-state index is -2.13. The number of imidazole rings is 1. The summed E-state index contributed by atoms with van der Waals surface area (Å²) in [7, 11) is -2.13. The zero-order chi connectivity index (χ0) is 17.9. The molecule has 3 nitrogen and oxygen atoms in total. The van der Waals surface area contributed by atoms with Gasteiger partial charge in [-0.3, -0.25) is 4.40 Å². The molecule has 0 unspecified atom stereocenters. The second-order valence-corrected chi connectivity index (χ2v) is 10.9. The summed E-state index contributed by atoms with van der Waals surface area (Å²) < 4.78 is 14.6. The first-order chi connectivity index (χ1) is 12.5. The van der Waals surface area contributed by atoms with Crippen molar-refractivity contribution >= 4 is 45.5 Å². The number of benzene rings is 3. The van der Waals surface area contributed by atoms with E-state index in [2.05, 4.69) is 59.0 Å². The molecule has 26 heavy (non-hydrogen) atoms. The number of hydrogen-bond acceptors (Lipinski definition) is 2. The molecule has 0 aliphatic carbocycles. The van der Waals surface area contributed by atoms with Gasteiger partial charge in [-0.2, -0.15) is 0 Å².